The molecular weight excluding hydrogens is 290 g/mol. The molecule has 132 valence electrons. The molecule has 0 aromatic heterocycles. The molecular formula is C18H33N3O2. The van der Waals surface area contributed by atoms with Gasteiger partial charge in [-0.2, -0.15) is 0 Å². The number of rotatable bonds is 3. The molecule has 0 aromatic carbocycles. The minimum Gasteiger partial charge on any atom is -0.393 e. The van der Waals surface area contributed by atoms with Crippen LogP contribution in [-0.2, 0) is 0 Å². The maximum absolute atomic E-state index is 12.4. The van der Waals surface area contributed by atoms with Crippen LogP contribution in [0.25, 0.3) is 0 Å². The molecule has 2 saturated heterocycles. The number of carbonyl (C=O) groups excluding carboxylic acids is 1. The van der Waals surface area contributed by atoms with E-state index in [9.17, 15) is 9.90 Å². The zero-order chi connectivity index (χ0) is 16.2. The van der Waals surface area contributed by atoms with E-state index >= 15 is 0 Å². The average Bonchev–Trinajstić information content (AvgIpc) is 3.10. The molecule has 0 aromatic rings. The topological polar surface area (TPSA) is 55.8 Å². The maximum atomic E-state index is 12.4. The van der Waals surface area contributed by atoms with E-state index in [-0.39, 0.29) is 12.1 Å². The van der Waals surface area contributed by atoms with Crippen LogP contribution in [0.4, 0.5) is 4.79 Å². The summed E-state index contributed by atoms with van der Waals surface area (Å²) in [4.78, 5) is 17.0. The third-order valence-corrected chi connectivity index (χ3v) is 6.21. The Morgan fingerprint density at radius 3 is 2.17 bits per heavy atom. The molecule has 0 radical (unpaired) electrons. The monoisotopic (exact) mass is 323 g/mol. The Kier molecular flexibility index (Phi) is 5.81. The smallest absolute Gasteiger partial charge is 0.317 e. The van der Waals surface area contributed by atoms with Crippen LogP contribution >= 0.6 is 0 Å². The molecule has 1 aliphatic carbocycles. The number of piperidine rings is 2. The molecule has 5 heteroatoms. The first-order valence-electron chi connectivity index (χ1n) is 9.61. The molecule has 1 saturated carbocycles. The van der Waals surface area contributed by atoms with E-state index in [1.807, 2.05) is 11.8 Å². The van der Waals surface area contributed by atoms with Crippen molar-refractivity contribution in [1.29, 1.82) is 0 Å². The van der Waals surface area contributed by atoms with Gasteiger partial charge in [0.25, 0.3) is 0 Å². The minimum absolute atomic E-state index is 0.105. The van der Waals surface area contributed by atoms with Gasteiger partial charge in [0.2, 0.25) is 0 Å². The zero-order valence-corrected chi connectivity index (χ0v) is 14.5. The molecule has 3 rings (SSSR count). The molecule has 1 unspecified atom stereocenters. The molecule has 2 amide bonds. The third-order valence-electron chi connectivity index (χ3n) is 6.21. The SMILES string of the molecule is CC(O)C1CCN(C(=O)NC2CCN(C3CCCC3)CC2)CC1. The Hall–Kier alpha value is -0.810. The van der Waals surface area contributed by atoms with E-state index in [0.717, 1.165) is 57.9 Å². The predicted octanol–water partition coefficient (Wildman–Crippen LogP) is 2.20. The lowest BCUT2D eigenvalue weighted by Gasteiger charge is -2.38. The standard InChI is InChI=1S/C18H33N3O2/c1-14(22)15-6-10-21(11-7-15)18(23)19-16-8-12-20(13-9-16)17-4-2-3-5-17/h14-17,22H,2-13H2,1H3,(H,19,23). The van der Waals surface area contributed by atoms with E-state index in [4.69, 9.17) is 0 Å². The average molecular weight is 323 g/mol. The van der Waals surface area contributed by atoms with Crippen LogP contribution in [0.1, 0.15) is 58.3 Å². The lowest BCUT2D eigenvalue weighted by molar-refractivity contribution is 0.0780. The number of amides is 2. The summed E-state index contributed by atoms with van der Waals surface area (Å²) >= 11 is 0. The van der Waals surface area contributed by atoms with Crippen molar-refractivity contribution in [3.63, 3.8) is 0 Å². The van der Waals surface area contributed by atoms with Crippen molar-refractivity contribution < 1.29 is 9.90 Å². The second-order valence-electron chi connectivity index (χ2n) is 7.76. The van der Waals surface area contributed by atoms with Crippen LogP contribution in [0.3, 0.4) is 0 Å². The van der Waals surface area contributed by atoms with Crippen LogP contribution in [0.15, 0.2) is 0 Å². The Bertz CT molecular complexity index is 380. The first kappa shape index (κ1) is 17.0. The summed E-state index contributed by atoms with van der Waals surface area (Å²) in [6, 6.07) is 1.26. The number of hydrogen-bond acceptors (Lipinski definition) is 3. The van der Waals surface area contributed by atoms with Gasteiger partial charge in [-0.1, -0.05) is 12.8 Å². The first-order chi connectivity index (χ1) is 11.1. The molecule has 3 aliphatic rings. The minimum atomic E-state index is -0.250. The summed E-state index contributed by atoms with van der Waals surface area (Å²) in [5.41, 5.74) is 0. The lowest BCUT2D eigenvalue weighted by Crippen LogP contribution is -2.52. The van der Waals surface area contributed by atoms with Crippen LogP contribution in [0, 0.1) is 5.92 Å². The lowest BCUT2D eigenvalue weighted by atomic mass is 9.92. The fourth-order valence-corrected chi connectivity index (χ4v) is 4.53. The van der Waals surface area contributed by atoms with Gasteiger partial charge < -0.3 is 20.2 Å². The van der Waals surface area contributed by atoms with Gasteiger partial charge >= 0.3 is 6.03 Å². The van der Waals surface area contributed by atoms with E-state index in [1.54, 1.807) is 0 Å². The Balaban J connectivity index is 1.38. The van der Waals surface area contributed by atoms with Gasteiger partial charge in [-0.05, 0) is 51.4 Å². The van der Waals surface area contributed by atoms with Gasteiger partial charge in [0.05, 0.1) is 6.10 Å². The molecule has 3 fully saturated rings. The number of likely N-dealkylation sites (tertiary alicyclic amines) is 2. The van der Waals surface area contributed by atoms with Gasteiger partial charge in [0.1, 0.15) is 0 Å². The summed E-state index contributed by atoms with van der Waals surface area (Å²) < 4.78 is 0. The summed E-state index contributed by atoms with van der Waals surface area (Å²) in [6.07, 6.45) is 9.30. The number of nitrogens with zero attached hydrogens (tertiary/aromatic N) is 2. The molecule has 0 spiro atoms. The molecule has 0 bridgehead atoms. The predicted molar refractivity (Wildman–Crippen MR) is 91.4 cm³/mol. The van der Waals surface area contributed by atoms with Crippen LogP contribution in [0.2, 0.25) is 0 Å². The quantitative estimate of drug-likeness (QED) is 0.837. The second-order valence-corrected chi connectivity index (χ2v) is 7.76. The Morgan fingerprint density at radius 1 is 1.00 bits per heavy atom. The number of aliphatic hydroxyl groups is 1. The van der Waals surface area contributed by atoms with Gasteiger partial charge in [-0.15, -0.1) is 0 Å². The highest BCUT2D eigenvalue weighted by molar-refractivity contribution is 5.74. The molecule has 1 atom stereocenters. The van der Waals surface area contributed by atoms with Crippen molar-refractivity contribution in [2.75, 3.05) is 26.2 Å². The van der Waals surface area contributed by atoms with E-state index in [1.165, 1.54) is 25.7 Å². The molecule has 2 aliphatic heterocycles. The summed E-state index contributed by atoms with van der Waals surface area (Å²) in [7, 11) is 0. The molecule has 5 nitrogen and oxygen atoms in total. The van der Waals surface area contributed by atoms with Crippen LogP contribution in [-0.4, -0.2) is 65.3 Å². The van der Waals surface area contributed by atoms with E-state index in [2.05, 4.69) is 10.2 Å². The van der Waals surface area contributed by atoms with E-state index in [0.29, 0.717) is 12.0 Å². The van der Waals surface area contributed by atoms with Crippen molar-refractivity contribution in [3.8, 4) is 0 Å². The highest BCUT2D eigenvalue weighted by Gasteiger charge is 2.30. The van der Waals surface area contributed by atoms with Gasteiger partial charge in [0, 0.05) is 38.3 Å². The van der Waals surface area contributed by atoms with Crippen LogP contribution in [0.5, 0.6) is 0 Å². The normalized spacial score (nSPS) is 27.3. The van der Waals surface area contributed by atoms with Crippen molar-refractivity contribution in [1.82, 2.24) is 15.1 Å². The summed E-state index contributed by atoms with van der Waals surface area (Å²) in [5, 5.41) is 12.9. The van der Waals surface area contributed by atoms with Gasteiger partial charge in [-0.3, -0.25) is 0 Å². The maximum Gasteiger partial charge on any atom is 0.317 e. The van der Waals surface area contributed by atoms with E-state index < -0.39 is 0 Å². The fraction of sp³-hybridized carbons (Fsp3) is 0.944. The number of carbonyl (C=O) groups is 1. The molecule has 23 heavy (non-hydrogen) atoms. The van der Waals surface area contributed by atoms with Crippen molar-refractivity contribution in [2.24, 2.45) is 5.92 Å². The van der Waals surface area contributed by atoms with Gasteiger partial charge in [-0.25, -0.2) is 4.79 Å². The number of hydrogen-bond donors (Lipinski definition) is 2. The largest absolute Gasteiger partial charge is 0.393 e. The third kappa shape index (κ3) is 4.38. The van der Waals surface area contributed by atoms with Gasteiger partial charge in [0.15, 0.2) is 0 Å². The second kappa shape index (κ2) is 7.84. The van der Waals surface area contributed by atoms with Crippen molar-refractivity contribution >= 4 is 6.03 Å². The highest BCUT2D eigenvalue weighted by atomic mass is 16.3. The number of aliphatic hydroxyl groups excluding tert-OH is 1. The summed E-state index contributed by atoms with van der Waals surface area (Å²) in [6.45, 7) is 5.70. The first-order valence-corrected chi connectivity index (χ1v) is 9.61. The fourth-order valence-electron chi connectivity index (χ4n) is 4.53. The summed E-state index contributed by atoms with van der Waals surface area (Å²) in [5.74, 6) is 0.355. The molecule has 2 heterocycles. The number of urea groups is 1. The van der Waals surface area contributed by atoms with Crippen molar-refractivity contribution in [2.45, 2.75) is 76.5 Å². The Morgan fingerprint density at radius 2 is 1.61 bits per heavy atom. The molecule has 2 N–H and O–H groups in total. The Labute approximate surface area is 140 Å². The zero-order valence-electron chi connectivity index (χ0n) is 14.5. The van der Waals surface area contributed by atoms with Crippen LogP contribution < -0.4 is 5.32 Å². The van der Waals surface area contributed by atoms with Crippen molar-refractivity contribution in [3.05, 3.63) is 0 Å². The number of nitrogens with one attached hydrogen (secondary N) is 1. The highest BCUT2D eigenvalue weighted by Crippen LogP contribution is 2.26.